The number of nitrogens with two attached hydrogens (primary N) is 2. The predicted octanol–water partition coefficient (Wildman–Crippen LogP) is 3.65. The number of hydrogen-bond donors (Lipinski definition) is 3. The van der Waals surface area contributed by atoms with Gasteiger partial charge in [0.25, 0.3) is 0 Å². The highest BCUT2D eigenvalue weighted by Crippen LogP contribution is 2.51. The molecule has 10 nitrogen and oxygen atoms in total. The Hall–Kier alpha value is -5.25. The van der Waals surface area contributed by atoms with Crippen LogP contribution < -0.4 is 11.5 Å². The summed E-state index contributed by atoms with van der Waals surface area (Å²) < 4.78 is 8.89. The molecule has 4 aliphatic rings. The first-order valence-electron chi connectivity index (χ1n) is 12.9. The van der Waals surface area contributed by atoms with Crippen molar-refractivity contribution in [2.24, 2.45) is 23.7 Å². The Bertz CT molecular complexity index is 1510. The first-order valence-corrected chi connectivity index (χ1v) is 12.9. The smallest absolute Gasteiger partial charge is 0.346 e. The first kappa shape index (κ1) is 27.3. The Kier molecular flexibility index (Phi) is 7.39. The Morgan fingerprint density at radius 1 is 0.707 bits per heavy atom. The lowest BCUT2D eigenvalue weighted by Crippen LogP contribution is -2.21. The number of carboxylic acid groups (broad SMARTS) is 1. The van der Waals surface area contributed by atoms with E-state index < -0.39 is 17.9 Å². The van der Waals surface area contributed by atoms with Crippen molar-refractivity contribution >= 4 is 41.2 Å². The predicted molar refractivity (Wildman–Crippen MR) is 146 cm³/mol. The highest BCUT2D eigenvalue weighted by atomic mass is 16.6. The van der Waals surface area contributed by atoms with E-state index in [2.05, 4.69) is 9.47 Å². The van der Waals surface area contributed by atoms with Crippen molar-refractivity contribution in [1.29, 1.82) is 0 Å². The molecule has 2 fully saturated rings. The number of cyclic esters (lactones) is 4. The number of esters is 4. The minimum Gasteiger partial charge on any atom is -0.478 e. The molecular weight excluding hydrogens is 528 g/mol. The quantitative estimate of drug-likeness (QED) is 0.187. The summed E-state index contributed by atoms with van der Waals surface area (Å²) in [5.74, 6) is -3.03. The molecule has 2 aliphatic heterocycles. The van der Waals surface area contributed by atoms with Crippen molar-refractivity contribution in [2.45, 2.75) is 12.8 Å². The number of allylic oxidation sites excluding steroid dienone is 2. The van der Waals surface area contributed by atoms with Crippen LogP contribution in [0.5, 0.6) is 0 Å². The summed E-state index contributed by atoms with van der Waals surface area (Å²) in [6.45, 7) is 0. The zero-order chi connectivity index (χ0) is 29.3. The maximum Gasteiger partial charge on any atom is 0.346 e. The van der Waals surface area contributed by atoms with Gasteiger partial charge in [-0.25, -0.2) is 14.4 Å². The Morgan fingerprint density at radius 3 is 1.68 bits per heavy atom. The van der Waals surface area contributed by atoms with Crippen LogP contribution in [0.15, 0.2) is 78.9 Å². The summed E-state index contributed by atoms with van der Waals surface area (Å²) in [6, 6.07) is 19.5. The van der Waals surface area contributed by atoms with Gasteiger partial charge in [0.2, 0.25) is 0 Å². The van der Waals surface area contributed by atoms with Crippen LogP contribution in [0.2, 0.25) is 0 Å². The summed E-state index contributed by atoms with van der Waals surface area (Å²) in [5.41, 5.74) is 15.4. The monoisotopic (exact) mass is 554 g/mol. The molecule has 1 saturated heterocycles. The molecule has 0 spiro atoms. The number of carboxylic acids is 1. The van der Waals surface area contributed by atoms with E-state index >= 15 is 0 Å². The molecule has 0 amide bonds. The fourth-order valence-electron chi connectivity index (χ4n) is 5.43. The van der Waals surface area contributed by atoms with Gasteiger partial charge in [-0.05, 0) is 78.3 Å². The lowest BCUT2D eigenvalue weighted by Gasteiger charge is -2.12. The highest BCUT2D eigenvalue weighted by molar-refractivity contribution is 6.15. The Labute approximate surface area is 234 Å². The third-order valence-corrected chi connectivity index (χ3v) is 7.46. The second-order valence-corrected chi connectivity index (χ2v) is 10.1. The minimum atomic E-state index is -1.15. The second-order valence-electron chi connectivity index (χ2n) is 10.1. The van der Waals surface area contributed by atoms with Gasteiger partial charge in [-0.3, -0.25) is 9.59 Å². The van der Waals surface area contributed by atoms with Gasteiger partial charge < -0.3 is 26.0 Å². The molecular formula is C31H26N2O8. The Balaban J connectivity index is 0.000000124. The fraction of sp³-hybridized carbons (Fsp3) is 0.194. The number of aromatic carboxylic acids is 1. The van der Waals surface area contributed by atoms with E-state index in [9.17, 15) is 24.0 Å². The van der Waals surface area contributed by atoms with Crippen LogP contribution in [0.3, 0.4) is 0 Å². The van der Waals surface area contributed by atoms with Gasteiger partial charge in [-0.2, -0.15) is 0 Å². The molecule has 5 N–H and O–H groups in total. The van der Waals surface area contributed by atoms with Crippen LogP contribution in [0.4, 0.5) is 11.4 Å². The molecule has 2 aliphatic carbocycles. The van der Waals surface area contributed by atoms with Crippen LogP contribution in [-0.2, 0) is 25.5 Å². The maximum atomic E-state index is 11.2. The van der Waals surface area contributed by atoms with Gasteiger partial charge in [0.1, 0.15) is 0 Å². The summed E-state index contributed by atoms with van der Waals surface area (Å²) in [6.07, 6.45) is 5.98. The molecule has 0 unspecified atom stereocenters. The number of rotatable bonds is 3. The van der Waals surface area contributed by atoms with Gasteiger partial charge >= 0.3 is 29.8 Å². The Morgan fingerprint density at radius 2 is 1.20 bits per heavy atom. The zero-order valence-electron chi connectivity index (χ0n) is 21.7. The third-order valence-electron chi connectivity index (χ3n) is 7.46. The van der Waals surface area contributed by atoms with Gasteiger partial charge in [-0.15, -0.1) is 0 Å². The number of fused-ring (bicyclic) bond motifs is 6. The van der Waals surface area contributed by atoms with E-state index in [1.54, 1.807) is 0 Å². The van der Waals surface area contributed by atoms with Crippen LogP contribution in [0, 0.1) is 23.7 Å². The van der Waals surface area contributed by atoms with E-state index in [0.717, 1.165) is 30.3 Å². The molecule has 3 aromatic carbocycles. The highest BCUT2D eigenvalue weighted by Gasteiger charge is 2.57. The summed E-state index contributed by atoms with van der Waals surface area (Å²) >= 11 is 0. The number of hydrogen-bond acceptors (Lipinski definition) is 9. The molecule has 4 atom stereocenters. The molecule has 41 heavy (non-hydrogen) atoms. The fourth-order valence-corrected chi connectivity index (χ4v) is 5.43. The van der Waals surface area contributed by atoms with Gasteiger partial charge in [0.15, 0.2) is 0 Å². The molecule has 0 radical (unpaired) electrons. The van der Waals surface area contributed by atoms with Crippen LogP contribution in [-0.4, -0.2) is 35.0 Å². The van der Waals surface area contributed by atoms with E-state index in [1.165, 1.54) is 23.3 Å². The minimum absolute atomic E-state index is 0.00917. The molecule has 2 bridgehead atoms. The van der Waals surface area contributed by atoms with E-state index in [4.69, 9.17) is 16.6 Å². The third kappa shape index (κ3) is 5.72. The molecule has 2 heterocycles. The average molecular weight is 555 g/mol. The maximum absolute atomic E-state index is 11.2. The summed E-state index contributed by atoms with van der Waals surface area (Å²) in [5, 5.41) is 8.63. The number of ether oxygens (including phenoxy) is 2. The molecule has 208 valence electrons. The van der Waals surface area contributed by atoms with Crippen molar-refractivity contribution in [3.63, 3.8) is 0 Å². The van der Waals surface area contributed by atoms with Crippen molar-refractivity contribution in [3.05, 3.63) is 107 Å². The van der Waals surface area contributed by atoms with E-state index in [-0.39, 0.29) is 52.3 Å². The lowest BCUT2D eigenvalue weighted by atomic mass is 9.85. The van der Waals surface area contributed by atoms with Crippen LogP contribution >= 0.6 is 0 Å². The SMILES string of the molecule is Nc1ccc(Cc2ccc(N)cc2)cc1.O=C(O)c1ccc2c(c1)C(=O)OC2=O.O=C1OC(=O)[C@H]2[C@@H]1[C@H]1C=C[C@@H]2C1. The summed E-state index contributed by atoms with van der Waals surface area (Å²) in [4.78, 5) is 54.9. The van der Waals surface area contributed by atoms with Gasteiger partial charge in [-0.1, -0.05) is 36.4 Å². The second kappa shape index (κ2) is 11.1. The largest absolute Gasteiger partial charge is 0.478 e. The number of anilines is 2. The van der Waals surface area contributed by atoms with Crippen LogP contribution in [0.1, 0.15) is 48.6 Å². The zero-order valence-corrected chi connectivity index (χ0v) is 21.7. The van der Waals surface area contributed by atoms with Gasteiger partial charge in [0.05, 0.1) is 28.5 Å². The molecule has 7 rings (SSSR count). The number of benzene rings is 3. The van der Waals surface area contributed by atoms with E-state index in [1.807, 2.05) is 60.7 Å². The standard InChI is InChI=1S/C13H14N2.C9H4O5.C9H8O3/c14-12-5-1-10(2-6-12)9-11-3-7-13(15)8-4-11;10-7(11)4-1-2-5-6(3-4)9(13)14-8(5)12;10-8-6-4-1-2-5(3-4)7(6)9(11)12-8/h1-8H,9,14-15H2;1-3H,(H,10,11);1-2,4-7H,3H2/t;;4-,5+,6-,7+. The number of carbonyl (C=O) groups is 5. The average Bonchev–Trinajstić information content (AvgIpc) is 3.71. The molecule has 1 saturated carbocycles. The molecule has 3 aromatic rings. The van der Waals surface area contributed by atoms with Crippen molar-refractivity contribution in [2.75, 3.05) is 11.5 Å². The molecule has 0 aromatic heterocycles. The van der Waals surface area contributed by atoms with E-state index in [0.29, 0.717) is 0 Å². The number of nitrogen functional groups attached to an aromatic ring is 2. The lowest BCUT2D eigenvalue weighted by molar-refractivity contribution is -0.154. The normalized spacial score (nSPS) is 22.5. The van der Waals surface area contributed by atoms with Gasteiger partial charge in [0, 0.05) is 11.4 Å². The summed E-state index contributed by atoms with van der Waals surface area (Å²) in [7, 11) is 0. The number of carbonyl (C=O) groups excluding carboxylic acids is 4. The first-order chi connectivity index (χ1) is 19.6. The van der Waals surface area contributed by atoms with Crippen molar-refractivity contribution < 1.29 is 38.6 Å². The molecule has 10 heteroatoms. The topological polar surface area (TPSA) is 176 Å². The van der Waals surface area contributed by atoms with Crippen molar-refractivity contribution in [3.8, 4) is 0 Å². The van der Waals surface area contributed by atoms with Crippen molar-refractivity contribution in [1.82, 2.24) is 0 Å². The van der Waals surface area contributed by atoms with Crippen LogP contribution in [0.25, 0.3) is 0 Å².